The highest BCUT2D eigenvalue weighted by Crippen LogP contribution is 2.28. The molecule has 0 aliphatic carbocycles. The first kappa shape index (κ1) is 9.74. The fourth-order valence-corrected chi connectivity index (χ4v) is 1.66. The van der Waals surface area contributed by atoms with E-state index in [0.717, 1.165) is 24.7 Å². The minimum Gasteiger partial charge on any atom is -0.463 e. The van der Waals surface area contributed by atoms with E-state index in [9.17, 15) is 0 Å². The zero-order chi connectivity index (χ0) is 10.2. The smallest absolute Gasteiger partial charge is 0.137 e. The van der Waals surface area contributed by atoms with Gasteiger partial charge in [0.05, 0.1) is 6.61 Å². The van der Waals surface area contributed by atoms with Crippen LogP contribution in [0.2, 0.25) is 0 Å². The molecule has 1 aliphatic rings. The van der Waals surface area contributed by atoms with Crippen molar-refractivity contribution in [2.24, 2.45) is 0 Å². The Labute approximate surface area is 84.4 Å². The maximum Gasteiger partial charge on any atom is 0.137 e. The summed E-state index contributed by atoms with van der Waals surface area (Å²) >= 11 is 0. The summed E-state index contributed by atoms with van der Waals surface area (Å²) in [6.07, 6.45) is 0. The van der Waals surface area contributed by atoms with Crippen LogP contribution in [0.25, 0.3) is 0 Å². The Morgan fingerprint density at radius 2 is 2.29 bits per heavy atom. The molecule has 1 aromatic rings. The average molecular weight is 195 g/mol. The topological polar surface area (TPSA) is 34.4 Å². The molecule has 1 N–H and O–H groups in total. The molecule has 1 saturated heterocycles. The molecule has 0 spiro atoms. The number of ether oxygens (including phenoxy) is 1. The van der Waals surface area contributed by atoms with Crippen molar-refractivity contribution in [3.63, 3.8) is 0 Å². The van der Waals surface area contributed by atoms with E-state index in [1.165, 1.54) is 0 Å². The van der Waals surface area contributed by atoms with Gasteiger partial charge in [-0.05, 0) is 32.9 Å². The van der Waals surface area contributed by atoms with Crippen molar-refractivity contribution in [2.45, 2.75) is 32.4 Å². The molecule has 14 heavy (non-hydrogen) atoms. The standard InChI is InChI=1S/C11H17NO2/c1-8-6-13-11(3,7-12-8)10-5-4-9(2)14-10/h4-5,8,12H,6-7H2,1-3H3. The quantitative estimate of drug-likeness (QED) is 0.742. The Kier molecular flexibility index (Phi) is 2.37. The second kappa shape index (κ2) is 3.41. The van der Waals surface area contributed by atoms with E-state index in [1.54, 1.807) is 0 Å². The van der Waals surface area contributed by atoms with Gasteiger partial charge in [-0.2, -0.15) is 0 Å². The van der Waals surface area contributed by atoms with E-state index in [-0.39, 0.29) is 5.60 Å². The van der Waals surface area contributed by atoms with Gasteiger partial charge in [-0.15, -0.1) is 0 Å². The zero-order valence-corrected chi connectivity index (χ0v) is 8.96. The van der Waals surface area contributed by atoms with E-state index in [2.05, 4.69) is 19.2 Å². The molecule has 3 heteroatoms. The summed E-state index contributed by atoms with van der Waals surface area (Å²) in [7, 11) is 0. The van der Waals surface area contributed by atoms with E-state index >= 15 is 0 Å². The van der Waals surface area contributed by atoms with Crippen LogP contribution < -0.4 is 5.32 Å². The molecular formula is C11H17NO2. The van der Waals surface area contributed by atoms with Crippen molar-refractivity contribution >= 4 is 0 Å². The third-order valence-corrected chi connectivity index (χ3v) is 2.70. The predicted octanol–water partition coefficient (Wildman–Crippen LogP) is 1.81. The van der Waals surface area contributed by atoms with Crippen LogP contribution in [0, 0.1) is 6.92 Å². The van der Waals surface area contributed by atoms with Gasteiger partial charge in [0.1, 0.15) is 17.1 Å². The molecule has 1 aromatic heterocycles. The van der Waals surface area contributed by atoms with Gasteiger partial charge >= 0.3 is 0 Å². The number of nitrogens with one attached hydrogen (secondary N) is 1. The number of morpholine rings is 1. The van der Waals surface area contributed by atoms with Crippen LogP contribution in [0.15, 0.2) is 16.5 Å². The highest BCUT2D eigenvalue weighted by Gasteiger charge is 2.34. The molecule has 1 fully saturated rings. The van der Waals surface area contributed by atoms with Crippen LogP contribution in [0.5, 0.6) is 0 Å². The summed E-state index contributed by atoms with van der Waals surface area (Å²) in [5, 5.41) is 3.40. The van der Waals surface area contributed by atoms with Crippen molar-refractivity contribution in [1.82, 2.24) is 5.32 Å². The van der Waals surface area contributed by atoms with Crippen LogP contribution in [0.3, 0.4) is 0 Å². The number of rotatable bonds is 1. The van der Waals surface area contributed by atoms with Gasteiger partial charge in [0.15, 0.2) is 0 Å². The second-order valence-electron chi connectivity index (χ2n) is 4.23. The summed E-state index contributed by atoms with van der Waals surface area (Å²) in [4.78, 5) is 0. The number of hydrogen-bond donors (Lipinski definition) is 1. The highest BCUT2D eigenvalue weighted by molar-refractivity contribution is 5.14. The number of hydrogen-bond acceptors (Lipinski definition) is 3. The van der Waals surface area contributed by atoms with Gasteiger partial charge in [0.2, 0.25) is 0 Å². The van der Waals surface area contributed by atoms with Gasteiger partial charge in [-0.1, -0.05) is 0 Å². The number of aryl methyl sites for hydroxylation is 1. The summed E-state index contributed by atoms with van der Waals surface area (Å²) in [6, 6.07) is 4.40. The lowest BCUT2D eigenvalue weighted by Crippen LogP contribution is -2.49. The normalized spacial score (nSPS) is 33.2. The van der Waals surface area contributed by atoms with Crippen LogP contribution >= 0.6 is 0 Å². The lowest BCUT2D eigenvalue weighted by molar-refractivity contribution is -0.0854. The highest BCUT2D eigenvalue weighted by atomic mass is 16.5. The third kappa shape index (κ3) is 1.70. The largest absolute Gasteiger partial charge is 0.463 e. The SMILES string of the molecule is Cc1ccc(C2(C)CNC(C)CO2)o1. The van der Waals surface area contributed by atoms with E-state index in [0.29, 0.717) is 6.04 Å². The van der Waals surface area contributed by atoms with Crippen LogP contribution in [-0.2, 0) is 10.3 Å². The molecular weight excluding hydrogens is 178 g/mol. The minimum atomic E-state index is -0.305. The first-order valence-electron chi connectivity index (χ1n) is 5.04. The van der Waals surface area contributed by atoms with Crippen molar-refractivity contribution < 1.29 is 9.15 Å². The van der Waals surface area contributed by atoms with Crippen molar-refractivity contribution in [2.75, 3.05) is 13.2 Å². The predicted molar refractivity (Wildman–Crippen MR) is 54.2 cm³/mol. The minimum absolute atomic E-state index is 0.305. The van der Waals surface area contributed by atoms with Crippen molar-refractivity contribution in [1.29, 1.82) is 0 Å². The molecule has 1 aliphatic heterocycles. The van der Waals surface area contributed by atoms with Gasteiger partial charge in [0, 0.05) is 12.6 Å². The Balaban J connectivity index is 2.16. The Morgan fingerprint density at radius 1 is 1.50 bits per heavy atom. The first-order valence-corrected chi connectivity index (χ1v) is 5.04. The summed E-state index contributed by atoms with van der Waals surface area (Å²) in [5.41, 5.74) is -0.305. The molecule has 0 bridgehead atoms. The molecule has 2 atom stereocenters. The Morgan fingerprint density at radius 3 is 2.79 bits per heavy atom. The molecule has 0 aromatic carbocycles. The fraction of sp³-hybridized carbons (Fsp3) is 0.636. The van der Waals surface area contributed by atoms with Crippen LogP contribution in [0.1, 0.15) is 25.4 Å². The maximum atomic E-state index is 5.82. The van der Waals surface area contributed by atoms with Crippen molar-refractivity contribution in [3.05, 3.63) is 23.7 Å². The summed E-state index contributed by atoms with van der Waals surface area (Å²) in [5.74, 6) is 1.85. The fourth-order valence-electron chi connectivity index (χ4n) is 1.66. The molecule has 2 heterocycles. The molecule has 0 saturated carbocycles. The van der Waals surface area contributed by atoms with Gasteiger partial charge in [0.25, 0.3) is 0 Å². The average Bonchev–Trinajstić information content (AvgIpc) is 2.58. The lowest BCUT2D eigenvalue weighted by atomic mass is 10.0. The van der Waals surface area contributed by atoms with Crippen LogP contribution in [-0.4, -0.2) is 19.2 Å². The van der Waals surface area contributed by atoms with Gasteiger partial charge < -0.3 is 14.5 Å². The van der Waals surface area contributed by atoms with E-state index in [1.807, 2.05) is 19.1 Å². The Bertz CT molecular complexity index is 311. The third-order valence-electron chi connectivity index (χ3n) is 2.70. The Hall–Kier alpha value is -0.800. The molecule has 2 rings (SSSR count). The summed E-state index contributed by atoms with van der Waals surface area (Å²) < 4.78 is 11.4. The monoisotopic (exact) mass is 195 g/mol. The van der Waals surface area contributed by atoms with Gasteiger partial charge in [-0.3, -0.25) is 0 Å². The molecule has 0 radical (unpaired) electrons. The second-order valence-corrected chi connectivity index (χ2v) is 4.23. The van der Waals surface area contributed by atoms with Crippen LogP contribution in [0.4, 0.5) is 0 Å². The van der Waals surface area contributed by atoms with E-state index in [4.69, 9.17) is 9.15 Å². The number of furan rings is 1. The maximum absolute atomic E-state index is 5.82. The van der Waals surface area contributed by atoms with Crippen molar-refractivity contribution in [3.8, 4) is 0 Å². The van der Waals surface area contributed by atoms with E-state index < -0.39 is 0 Å². The summed E-state index contributed by atoms with van der Waals surface area (Å²) in [6.45, 7) is 7.67. The molecule has 2 unspecified atom stereocenters. The zero-order valence-electron chi connectivity index (χ0n) is 8.96. The molecule has 0 amide bonds. The van der Waals surface area contributed by atoms with Gasteiger partial charge in [-0.25, -0.2) is 0 Å². The first-order chi connectivity index (χ1) is 6.60. The molecule has 78 valence electrons. The molecule has 3 nitrogen and oxygen atoms in total. The lowest BCUT2D eigenvalue weighted by Gasteiger charge is -2.35.